The fourth-order valence-electron chi connectivity index (χ4n) is 3.54. The Balaban J connectivity index is 1.37. The Morgan fingerprint density at radius 2 is 2.18 bits per heavy atom. The molecule has 1 amide bonds. The summed E-state index contributed by atoms with van der Waals surface area (Å²) in [5.74, 6) is 0.476. The average Bonchev–Trinajstić information content (AvgIpc) is 3.32. The number of alkyl carbamates (subject to hydrolysis) is 1. The van der Waals surface area contributed by atoms with Crippen LogP contribution in [0.2, 0.25) is 0 Å². The fraction of sp³-hybridized carbons (Fsp3) is 0.421. The number of anilines is 2. The zero-order valence-corrected chi connectivity index (χ0v) is 15.7. The summed E-state index contributed by atoms with van der Waals surface area (Å²) < 4.78 is 10.5. The zero-order valence-electron chi connectivity index (χ0n) is 15.7. The first-order chi connectivity index (χ1) is 13.5. The third kappa shape index (κ3) is 4.03. The Hall–Kier alpha value is -3.23. The molecule has 1 aliphatic rings. The predicted octanol–water partition coefficient (Wildman–Crippen LogP) is 3.36. The number of hydrogen-bond acceptors (Lipinski definition) is 6. The average molecular weight is 385 g/mol. The second kappa shape index (κ2) is 7.41. The van der Waals surface area contributed by atoms with E-state index >= 15 is 0 Å². The summed E-state index contributed by atoms with van der Waals surface area (Å²) in [5.41, 5.74) is 2.94. The lowest BCUT2D eigenvalue weighted by Crippen LogP contribution is -2.33. The first-order valence-electron chi connectivity index (χ1n) is 9.38. The summed E-state index contributed by atoms with van der Waals surface area (Å²) >= 11 is 0. The molecule has 9 heteroatoms. The number of rotatable bonds is 5. The van der Waals surface area contributed by atoms with Gasteiger partial charge in [0.25, 0.3) is 0 Å². The molecule has 4 rings (SSSR count). The monoisotopic (exact) mass is 385 g/mol. The molecular weight excluding hydrogens is 362 g/mol. The SMILES string of the molecule is CC(C)NC(=O)OC1CC[C@H](c2cc(Nc3ccc4oc(=O)[nH]c4c3)n[nH]2)C1. The van der Waals surface area contributed by atoms with Crippen molar-refractivity contribution in [1.82, 2.24) is 20.5 Å². The lowest BCUT2D eigenvalue weighted by atomic mass is 10.0. The van der Waals surface area contributed by atoms with E-state index in [-0.39, 0.29) is 24.2 Å². The Morgan fingerprint density at radius 3 is 3.00 bits per heavy atom. The molecule has 9 nitrogen and oxygen atoms in total. The lowest BCUT2D eigenvalue weighted by molar-refractivity contribution is 0.0981. The van der Waals surface area contributed by atoms with Crippen molar-refractivity contribution in [2.24, 2.45) is 0 Å². The van der Waals surface area contributed by atoms with Gasteiger partial charge in [-0.05, 0) is 51.3 Å². The summed E-state index contributed by atoms with van der Waals surface area (Å²) in [5, 5.41) is 13.3. The van der Waals surface area contributed by atoms with Gasteiger partial charge in [0.1, 0.15) is 6.10 Å². The number of carbonyl (C=O) groups is 1. The van der Waals surface area contributed by atoms with Gasteiger partial charge in [0.2, 0.25) is 0 Å². The molecule has 2 aromatic heterocycles. The van der Waals surface area contributed by atoms with Crippen molar-refractivity contribution in [3.63, 3.8) is 0 Å². The van der Waals surface area contributed by atoms with E-state index in [1.807, 2.05) is 26.0 Å². The lowest BCUT2D eigenvalue weighted by Gasteiger charge is -2.14. The van der Waals surface area contributed by atoms with E-state index < -0.39 is 5.76 Å². The highest BCUT2D eigenvalue weighted by Crippen LogP contribution is 2.36. The molecule has 4 N–H and O–H groups in total. The third-order valence-corrected chi connectivity index (χ3v) is 4.79. The van der Waals surface area contributed by atoms with Crippen molar-refractivity contribution >= 4 is 28.7 Å². The summed E-state index contributed by atoms with van der Waals surface area (Å²) in [6.07, 6.45) is 2.10. The second-order valence-corrected chi connectivity index (χ2v) is 7.40. The minimum absolute atomic E-state index is 0.0602. The first-order valence-corrected chi connectivity index (χ1v) is 9.38. The minimum Gasteiger partial charge on any atom is -0.446 e. The Labute approximate surface area is 160 Å². The molecule has 1 fully saturated rings. The summed E-state index contributed by atoms with van der Waals surface area (Å²) in [6, 6.07) is 7.36. The number of amides is 1. The van der Waals surface area contributed by atoms with Gasteiger partial charge in [-0.2, -0.15) is 5.10 Å². The number of oxazole rings is 1. The van der Waals surface area contributed by atoms with E-state index in [0.717, 1.165) is 30.6 Å². The van der Waals surface area contributed by atoms with Crippen LogP contribution in [0.5, 0.6) is 0 Å². The maximum Gasteiger partial charge on any atom is 0.417 e. The summed E-state index contributed by atoms with van der Waals surface area (Å²) in [6.45, 7) is 3.81. The topological polar surface area (TPSA) is 125 Å². The predicted molar refractivity (Wildman–Crippen MR) is 104 cm³/mol. The van der Waals surface area contributed by atoms with Crippen LogP contribution in [0.3, 0.4) is 0 Å². The molecule has 28 heavy (non-hydrogen) atoms. The van der Waals surface area contributed by atoms with Crippen molar-refractivity contribution < 1.29 is 13.9 Å². The van der Waals surface area contributed by atoms with E-state index in [4.69, 9.17) is 9.15 Å². The van der Waals surface area contributed by atoms with E-state index in [1.165, 1.54) is 0 Å². The van der Waals surface area contributed by atoms with Gasteiger partial charge in [-0.3, -0.25) is 10.1 Å². The van der Waals surface area contributed by atoms with Crippen LogP contribution >= 0.6 is 0 Å². The van der Waals surface area contributed by atoms with Gasteiger partial charge in [0.05, 0.1) is 5.52 Å². The van der Waals surface area contributed by atoms with Crippen molar-refractivity contribution in [2.75, 3.05) is 5.32 Å². The van der Waals surface area contributed by atoms with Crippen LogP contribution in [-0.4, -0.2) is 33.4 Å². The Kier molecular flexibility index (Phi) is 4.81. The van der Waals surface area contributed by atoms with Gasteiger partial charge in [-0.25, -0.2) is 9.59 Å². The maximum absolute atomic E-state index is 11.8. The van der Waals surface area contributed by atoms with Crippen molar-refractivity contribution in [3.8, 4) is 0 Å². The van der Waals surface area contributed by atoms with Crippen molar-refractivity contribution in [1.29, 1.82) is 0 Å². The van der Waals surface area contributed by atoms with Gasteiger partial charge in [-0.1, -0.05) is 0 Å². The number of H-pyrrole nitrogens is 2. The van der Waals surface area contributed by atoms with Gasteiger partial charge >= 0.3 is 11.8 Å². The zero-order chi connectivity index (χ0) is 19.7. The van der Waals surface area contributed by atoms with Gasteiger partial charge in [0.15, 0.2) is 11.4 Å². The summed E-state index contributed by atoms with van der Waals surface area (Å²) in [7, 11) is 0. The largest absolute Gasteiger partial charge is 0.446 e. The van der Waals surface area contributed by atoms with Crippen molar-refractivity contribution in [3.05, 3.63) is 40.5 Å². The number of benzene rings is 1. The minimum atomic E-state index is -0.478. The highest BCUT2D eigenvalue weighted by molar-refractivity contribution is 5.78. The number of ether oxygens (including phenoxy) is 1. The van der Waals surface area contributed by atoms with Crippen LogP contribution in [0.15, 0.2) is 33.5 Å². The molecule has 0 spiro atoms. The molecule has 1 aliphatic carbocycles. The molecule has 1 unspecified atom stereocenters. The number of carbonyl (C=O) groups excluding carboxylic acids is 1. The molecule has 0 radical (unpaired) electrons. The van der Waals surface area contributed by atoms with Gasteiger partial charge in [-0.15, -0.1) is 0 Å². The smallest absolute Gasteiger partial charge is 0.417 e. The fourth-order valence-corrected chi connectivity index (χ4v) is 3.54. The van der Waals surface area contributed by atoms with E-state index in [9.17, 15) is 9.59 Å². The number of aromatic nitrogens is 3. The molecule has 2 atom stereocenters. The normalized spacial score (nSPS) is 19.2. The summed E-state index contributed by atoms with van der Waals surface area (Å²) in [4.78, 5) is 25.7. The number of nitrogens with one attached hydrogen (secondary N) is 4. The number of hydrogen-bond donors (Lipinski definition) is 4. The van der Waals surface area contributed by atoms with E-state index in [2.05, 4.69) is 25.8 Å². The highest BCUT2D eigenvalue weighted by Gasteiger charge is 2.30. The number of fused-ring (bicyclic) bond motifs is 1. The van der Waals surface area contributed by atoms with Crippen molar-refractivity contribution in [2.45, 2.75) is 51.2 Å². The van der Waals surface area contributed by atoms with Crippen LogP contribution in [0.1, 0.15) is 44.7 Å². The van der Waals surface area contributed by atoms with Gasteiger partial charge in [0, 0.05) is 29.4 Å². The molecule has 0 bridgehead atoms. The second-order valence-electron chi connectivity index (χ2n) is 7.40. The Bertz CT molecular complexity index is 1030. The van der Waals surface area contributed by atoms with Gasteiger partial charge < -0.3 is 19.8 Å². The molecule has 2 heterocycles. The quantitative estimate of drug-likeness (QED) is 0.534. The molecule has 3 aromatic rings. The maximum atomic E-state index is 11.8. The Morgan fingerprint density at radius 1 is 1.32 bits per heavy atom. The molecule has 1 saturated carbocycles. The highest BCUT2D eigenvalue weighted by atomic mass is 16.6. The van der Waals surface area contributed by atoms with Crippen LogP contribution < -0.4 is 16.4 Å². The standard InChI is InChI=1S/C19H23N5O4/c1-10(2)20-18(25)27-13-5-3-11(7-13)14-9-17(24-23-14)21-12-4-6-16-15(8-12)22-19(26)28-16/h4,6,8-11,13H,3,5,7H2,1-2H3,(H,20,25)(H,22,26)(H2,21,23,24)/t11-,13?/m0/s1. The van der Waals surface area contributed by atoms with Crippen LogP contribution in [-0.2, 0) is 4.74 Å². The van der Waals surface area contributed by atoms with Crippen LogP contribution in [0, 0.1) is 0 Å². The number of nitrogens with zero attached hydrogens (tertiary/aromatic N) is 1. The van der Waals surface area contributed by atoms with Crippen LogP contribution in [0.4, 0.5) is 16.3 Å². The molecule has 0 saturated heterocycles. The van der Waals surface area contributed by atoms with E-state index in [1.54, 1.807) is 12.1 Å². The first kappa shape index (κ1) is 18.1. The van der Waals surface area contributed by atoms with Crippen LogP contribution in [0.25, 0.3) is 11.1 Å². The molecule has 1 aromatic carbocycles. The number of aromatic amines is 2. The van der Waals surface area contributed by atoms with E-state index in [0.29, 0.717) is 16.9 Å². The molecule has 0 aliphatic heterocycles. The molecule has 148 valence electrons. The molecular formula is C19H23N5O4. The third-order valence-electron chi connectivity index (χ3n) is 4.79.